The number of rotatable bonds is 5. The molecule has 0 aromatic heterocycles. The van der Waals surface area contributed by atoms with Crippen molar-refractivity contribution in [1.29, 1.82) is 0 Å². The molecule has 0 aliphatic heterocycles. The highest BCUT2D eigenvalue weighted by Gasteiger charge is 1.84. The van der Waals surface area contributed by atoms with Crippen LogP contribution >= 0.6 is 0 Å². The molecule has 0 amide bonds. The fourth-order valence-corrected chi connectivity index (χ4v) is 0.973. The topological polar surface area (TPSA) is 0 Å². The third-order valence-corrected chi connectivity index (χ3v) is 1.62. The Bertz CT molecular complexity index is 134. The first-order valence-corrected chi connectivity index (χ1v) is 4.63. The predicted octanol–water partition coefficient (Wildman–Crippen LogP) is 3.19. The van der Waals surface area contributed by atoms with Gasteiger partial charge in [-0.15, -0.1) is 0 Å². The van der Waals surface area contributed by atoms with Gasteiger partial charge in [-0.1, -0.05) is 50.3 Å². The normalized spacial score (nSPS) is 12.5. The summed E-state index contributed by atoms with van der Waals surface area (Å²) in [5.74, 6) is 0. The Balaban J connectivity index is 3.53. The molecule has 0 spiro atoms. The second-order valence-corrected chi connectivity index (χ2v) is 2.98. The maximum atomic E-state index is 2.24. The molecule has 0 heterocycles. The third kappa shape index (κ3) is 7.44. The predicted molar refractivity (Wildman–Crippen MR) is 55.6 cm³/mol. The van der Waals surface area contributed by atoms with Gasteiger partial charge in [0.15, 0.2) is 0 Å². The Morgan fingerprint density at radius 3 is 2.73 bits per heavy atom. The van der Waals surface area contributed by atoms with Crippen LogP contribution in [0.3, 0.4) is 0 Å². The Morgan fingerprint density at radius 1 is 1.45 bits per heavy atom. The lowest BCUT2D eigenvalue weighted by atomic mass is 9.75. The minimum absolute atomic E-state index is 1.20. The Morgan fingerprint density at radius 2 is 2.18 bits per heavy atom. The second-order valence-electron chi connectivity index (χ2n) is 2.98. The minimum atomic E-state index is 1.20. The van der Waals surface area contributed by atoms with Crippen LogP contribution < -0.4 is 0 Å². The van der Waals surface area contributed by atoms with E-state index in [1.807, 2.05) is 0 Å². The fourth-order valence-electron chi connectivity index (χ4n) is 0.973. The molecule has 0 saturated heterocycles. The van der Waals surface area contributed by atoms with Crippen LogP contribution in [0, 0.1) is 0 Å². The van der Waals surface area contributed by atoms with Gasteiger partial charge in [0, 0.05) is 0 Å². The van der Waals surface area contributed by atoms with Crippen LogP contribution in [0.1, 0.15) is 26.7 Å². The molecule has 0 N–H and O–H groups in total. The van der Waals surface area contributed by atoms with Crippen molar-refractivity contribution in [3.63, 3.8) is 0 Å². The molecule has 1 heteroatoms. The molecule has 0 aromatic carbocycles. The lowest BCUT2D eigenvalue weighted by molar-refractivity contribution is 0.958. The summed E-state index contributed by atoms with van der Waals surface area (Å²) in [5, 5.41) is 0. The highest BCUT2D eigenvalue weighted by atomic mass is 13.8. The van der Waals surface area contributed by atoms with Gasteiger partial charge in [0.05, 0.1) is 0 Å². The van der Waals surface area contributed by atoms with E-state index in [0.29, 0.717) is 0 Å². The fraction of sp³-hybridized carbons (Fsp3) is 0.600. The number of unbranched alkanes of at least 4 members (excludes halogenated alkanes) is 1. The van der Waals surface area contributed by atoms with Crippen LogP contribution in [-0.4, -0.2) is 7.28 Å². The summed E-state index contributed by atoms with van der Waals surface area (Å²) < 4.78 is 0. The van der Waals surface area contributed by atoms with Gasteiger partial charge in [-0.2, -0.15) is 0 Å². The summed E-state index contributed by atoms with van der Waals surface area (Å²) in [6.45, 7) is 6.61. The Labute approximate surface area is 71.6 Å². The van der Waals surface area contributed by atoms with Crippen molar-refractivity contribution < 1.29 is 0 Å². The van der Waals surface area contributed by atoms with Gasteiger partial charge in [-0.05, 0) is 13.3 Å². The quantitative estimate of drug-likeness (QED) is 0.417. The molecule has 0 nitrogen and oxygen atoms in total. The van der Waals surface area contributed by atoms with Gasteiger partial charge < -0.3 is 0 Å². The van der Waals surface area contributed by atoms with Gasteiger partial charge in [0.2, 0.25) is 0 Å². The maximum Gasteiger partial charge on any atom is 0.122 e. The van der Waals surface area contributed by atoms with E-state index in [1.165, 1.54) is 32.0 Å². The molecule has 0 radical (unpaired) electrons. The lowest BCUT2D eigenvalue weighted by Crippen LogP contribution is -1.80. The molecule has 0 unspecified atom stereocenters. The summed E-state index contributed by atoms with van der Waals surface area (Å²) >= 11 is 0. The summed E-state index contributed by atoms with van der Waals surface area (Å²) in [7, 11) is 1.25. The van der Waals surface area contributed by atoms with E-state index in [2.05, 4.69) is 38.9 Å². The summed E-state index contributed by atoms with van der Waals surface area (Å²) in [6.07, 6.45) is 10.3. The molecule has 62 valence electrons. The van der Waals surface area contributed by atoms with Crippen LogP contribution in [-0.2, 0) is 0 Å². The van der Waals surface area contributed by atoms with Gasteiger partial charge in [-0.3, -0.25) is 0 Å². The van der Waals surface area contributed by atoms with Crippen molar-refractivity contribution in [1.82, 2.24) is 0 Å². The smallest absolute Gasteiger partial charge is 0.0891 e. The molecule has 0 bridgehead atoms. The van der Waals surface area contributed by atoms with Crippen molar-refractivity contribution in [3.8, 4) is 0 Å². The largest absolute Gasteiger partial charge is 0.122 e. The van der Waals surface area contributed by atoms with Gasteiger partial charge in [-0.25, -0.2) is 0 Å². The third-order valence-electron chi connectivity index (χ3n) is 1.62. The molecule has 11 heavy (non-hydrogen) atoms. The molecule has 0 aromatic rings. The second kappa shape index (κ2) is 7.65. The molecule has 0 aliphatic rings. The molecular formula is C10H19B. The first-order chi connectivity index (χ1) is 5.31. The van der Waals surface area contributed by atoms with E-state index in [1.54, 1.807) is 0 Å². The zero-order valence-corrected chi connectivity index (χ0v) is 8.06. The first kappa shape index (κ1) is 10.5. The minimum Gasteiger partial charge on any atom is -0.0891 e. The monoisotopic (exact) mass is 150 g/mol. The zero-order chi connectivity index (χ0) is 8.53. The van der Waals surface area contributed by atoms with E-state index >= 15 is 0 Å². The van der Waals surface area contributed by atoms with Crippen LogP contribution in [0.15, 0.2) is 23.8 Å². The summed E-state index contributed by atoms with van der Waals surface area (Å²) in [6, 6.07) is 0. The lowest BCUT2D eigenvalue weighted by Gasteiger charge is -1.91. The summed E-state index contributed by atoms with van der Waals surface area (Å²) in [4.78, 5) is 0. The van der Waals surface area contributed by atoms with E-state index in [0.717, 1.165) is 0 Å². The molecule has 0 fully saturated rings. The molecule has 0 rings (SSSR count). The highest BCUT2D eigenvalue weighted by Crippen LogP contribution is 2.00. The average molecular weight is 150 g/mol. The van der Waals surface area contributed by atoms with Crippen molar-refractivity contribution in [3.05, 3.63) is 23.8 Å². The average Bonchev–Trinajstić information content (AvgIpc) is 1.99. The van der Waals surface area contributed by atoms with Crippen molar-refractivity contribution >= 4 is 7.28 Å². The SMILES string of the molecule is CBC/C(C)=C\C=C/CCC. The first-order valence-electron chi connectivity index (χ1n) is 4.63. The number of hydrogen-bond acceptors (Lipinski definition) is 0. The van der Waals surface area contributed by atoms with Gasteiger partial charge >= 0.3 is 0 Å². The van der Waals surface area contributed by atoms with Gasteiger partial charge in [0.25, 0.3) is 0 Å². The van der Waals surface area contributed by atoms with Crippen molar-refractivity contribution in [2.24, 2.45) is 0 Å². The molecule has 0 atom stereocenters. The maximum absolute atomic E-state index is 2.24. The molecule has 0 saturated carbocycles. The standard InChI is InChI=1S/C10H19B/c1-4-5-6-7-8-10(2)9-11-3/h6-8,11H,4-5,9H2,1-3H3/b7-6-,10-8-. The Kier molecular flexibility index (Phi) is 7.33. The van der Waals surface area contributed by atoms with Crippen LogP contribution in [0.5, 0.6) is 0 Å². The van der Waals surface area contributed by atoms with Crippen LogP contribution in [0.2, 0.25) is 13.1 Å². The van der Waals surface area contributed by atoms with Crippen LogP contribution in [0.4, 0.5) is 0 Å². The van der Waals surface area contributed by atoms with Crippen molar-refractivity contribution in [2.75, 3.05) is 0 Å². The van der Waals surface area contributed by atoms with E-state index in [9.17, 15) is 0 Å². The molecule has 0 aliphatic carbocycles. The van der Waals surface area contributed by atoms with E-state index < -0.39 is 0 Å². The van der Waals surface area contributed by atoms with Crippen LogP contribution in [0.25, 0.3) is 0 Å². The number of hydrogen-bond donors (Lipinski definition) is 0. The number of allylic oxidation sites excluding steroid dienone is 4. The molecular weight excluding hydrogens is 131 g/mol. The van der Waals surface area contributed by atoms with E-state index in [-0.39, 0.29) is 0 Å². The Hall–Kier alpha value is -0.455. The zero-order valence-electron chi connectivity index (χ0n) is 8.06. The highest BCUT2D eigenvalue weighted by molar-refractivity contribution is 6.34. The van der Waals surface area contributed by atoms with Crippen molar-refractivity contribution in [2.45, 2.75) is 39.8 Å². The van der Waals surface area contributed by atoms with E-state index in [4.69, 9.17) is 0 Å². The summed E-state index contributed by atoms with van der Waals surface area (Å²) in [5.41, 5.74) is 1.49. The van der Waals surface area contributed by atoms with Gasteiger partial charge in [0.1, 0.15) is 7.28 Å².